The molecule has 105 valence electrons. The fourth-order valence-corrected chi connectivity index (χ4v) is 3.31. The van der Waals surface area contributed by atoms with Gasteiger partial charge in [0.15, 0.2) is 6.23 Å². The number of carbonyl (C=O) groups excluding carboxylic acids is 1. The molecule has 2 saturated heterocycles. The first-order valence-electron chi connectivity index (χ1n) is 6.72. The van der Waals surface area contributed by atoms with E-state index in [1.807, 2.05) is 44.2 Å². The van der Waals surface area contributed by atoms with Gasteiger partial charge >= 0.3 is 0 Å². The summed E-state index contributed by atoms with van der Waals surface area (Å²) < 4.78 is 5.83. The Kier molecular flexibility index (Phi) is 4.96. The zero-order valence-electron chi connectivity index (χ0n) is 11.8. The number of amides is 1. The Bertz CT molecular complexity index is 495. The van der Waals surface area contributed by atoms with E-state index < -0.39 is 5.54 Å². The Morgan fingerprint density at radius 1 is 1.35 bits per heavy atom. The molecule has 3 unspecified atom stereocenters. The van der Waals surface area contributed by atoms with Gasteiger partial charge in [-0.25, -0.2) is 0 Å². The Hall–Kier alpha value is 0.0516. The minimum atomic E-state index is -0.559. The first-order chi connectivity index (χ1) is 9.12. The molecular formula is C15H19AcNO3. The second kappa shape index (κ2) is 6.04. The zero-order valence-corrected chi connectivity index (χ0v) is 16.6. The molecule has 1 amide bonds. The maximum atomic E-state index is 12.5. The van der Waals surface area contributed by atoms with E-state index >= 15 is 0 Å². The zero-order chi connectivity index (χ0) is 13.6. The van der Waals surface area contributed by atoms with Gasteiger partial charge in [0.1, 0.15) is 0 Å². The normalized spacial score (nSPS) is 35.9. The number of rotatable bonds is 2. The van der Waals surface area contributed by atoms with Crippen LogP contribution in [0.2, 0.25) is 0 Å². The molecule has 1 radical (unpaired) electrons. The molecule has 0 bridgehead atoms. The van der Waals surface area contributed by atoms with Crippen LogP contribution in [0.1, 0.15) is 25.6 Å². The molecule has 1 aromatic carbocycles. The third kappa shape index (κ3) is 2.18. The van der Waals surface area contributed by atoms with Crippen molar-refractivity contribution in [3.05, 3.63) is 35.9 Å². The van der Waals surface area contributed by atoms with Gasteiger partial charge in [0.05, 0.1) is 18.8 Å². The molecule has 0 aliphatic carbocycles. The summed E-state index contributed by atoms with van der Waals surface area (Å²) in [5, 5.41) is 9.82. The average molecular weight is 488 g/mol. The molecule has 2 aliphatic rings. The Morgan fingerprint density at radius 2 is 2.00 bits per heavy atom. The van der Waals surface area contributed by atoms with E-state index in [1.54, 1.807) is 4.90 Å². The van der Waals surface area contributed by atoms with Crippen molar-refractivity contribution in [2.75, 3.05) is 13.2 Å². The molecule has 1 N–H and O–H groups in total. The van der Waals surface area contributed by atoms with Crippen LogP contribution >= 0.6 is 0 Å². The summed E-state index contributed by atoms with van der Waals surface area (Å²) in [4.78, 5) is 14.2. The summed E-state index contributed by atoms with van der Waals surface area (Å²) in [6.45, 7) is 4.31. The van der Waals surface area contributed by atoms with Gasteiger partial charge in [0, 0.05) is 55.5 Å². The topological polar surface area (TPSA) is 49.8 Å². The molecule has 5 heteroatoms. The summed E-state index contributed by atoms with van der Waals surface area (Å²) in [6, 6.07) is 9.73. The van der Waals surface area contributed by atoms with Gasteiger partial charge in [-0.1, -0.05) is 44.2 Å². The van der Waals surface area contributed by atoms with E-state index in [2.05, 4.69) is 0 Å². The molecule has 0 spiro atoms. The van der Waals surface area contributed by atoms with E-state index in [-0.39, 0.29) is 74.6 Å². The molecule has 0 aromatic heterocycles. The van der Waals surface area contributed by atoms with Gasteiger partial charge in [-0.15, -0.1) is 0 Å². The minimum Gasteiger partial charge on any atom is -0.394 e. The van der Waals surface area contributed by atoms with Gasteiger partial charge in [-0.2, -0.15) is 0 Å². The van der Waals surface area contributed by atoms with Crippen molar-refractivity contribution >= 4 is 5.91 Å². The first kappa shape index (κ1) is 16.4. The number of hydrogen-bond acceptors (Lipinski definition) is 3. The van der Waals surface area contributed by atoms with Crippen molar-refractivity contribution in [3.63, 3.8) is 0 Å². The van der Waals surface area contributed by atoms with Crippen LogP contribution in [0.15, 0.2) is 30.3 Å². The monoisotopic (exact) mass is 488 g/mol. The van der Waals surface area contributed by atoms with E-state index in [4.69, 9.17) is 4.74 Å². The molecule has 4 nitrogen and oxygen atoms in total. The predicted octanol–water partition coefficient (Wildman–Crippen LogP) is 1.56. The molecule has 1 aromatic rings. The van der Waals surface area contributed by atoms with Crippen molar-refractivity contribution in [1.29, 1.82) is 0 Å². The largest absolute Gasteiger partial charge is 0.394 e. The number of nitrogens with zero attached hydrogens (tertiary/aromatic N) is 1. The van der Waals surface area contributed by atoms with Crippen LogP contribution in [-0.4, -0.2) is 34.7 Å². The van der Waals surface area contributed by atoms with Crippen molar-refractivity contribution < 1.29 is 58.7 Å². The van der Waals surface area contributed by atoms with Crippen LogP contribution in [0.5, 0.6) is 0 Å². The summed E-state index contributed by atoms with van der Waals surface area (Å²) in [7, 11) is 0. The van der Waals surface area contributed by atoms with Gasteiger partial charge in [-0.05, 0) is 5.92 Å². The van der Waals surface area contributed by atoms with Crippen LogP contribution in [-0.2, 0) is 9.53 Å². The summed E-state index contributed by atoms with van der Waals surface area (Å²) in [6.07, 6.45) is -0.367. The fourth-order valence-electron chi connectivity index (χ4n) is 3.31. The molecule has 3 rings (SSSR count). The number of benzene rings is 1. The first-order valence-corrected chi connectivity index (χ1v) is 6.72. The summed E-state index contributed by atoms with van der Waals surface area (Å²) in [5.41, 5.74) is 0.407. The molecule has 20 heavy (non-hydrogen) atoms. The molecule has 2 heterocycles. The third-order valence-electron chi connectivity index (χ3n) is 4.79. The predicted molar refractivity (Wildman–Crippen MR) is 70.1 cm³/mol. The maximum absolute atomic E-state index is 12.5. The van der Waals surface area contributed by atoms with Crippen LogP contribution < -0.4 is 0 Å². The number of hydrogen-bond donors (Lipinski definition) is 1. The third-order valence-corrected chi connectivity index (χ3v) is 4.79. The second-order valence-electron chi connectivity index (χ2n) is 5.62. The number of carbonyl (C=O) groups is 1. The summed E-state index contributed by atoms with van der Waals surface area (Å²) in [5.74, 6) is 0.105. The van der Waals surface area contributed by atoms with Crippen LogP contribution in [0.3, 0.4) is 0 Å². The molecule has 4 atom stereocenters. The van der Waals surface area contributed by atoms with Crippen molar-refractivity contribution in [1.82, 2.24) is 4.90 Å². The average Bonchev–Trinajstić information content (AvgIpc) is 2.93. The van der Waals surface area contributed by atoms with Crippen LogP contribution in [0.25, 0.3) is 0 Å². The smallest absolute Gasteiger partial charge is 0.228 e. The maximum Gasteiger partial charge on any atom is 0.228 e. The van der Waals surface area contributed by atoms with Crippen LogP contribution in [0.4, 0.5) is 0 Å². The van der Waals surface area contributed by atoms with Gasteiger partial charge in [0.25, 0.3) is 0 Å². The van der Waals surface area contributed by atoms with Crippen molar-refractivity contribution in [2.45, 2.75) is 25.6 Å². The molecule has 2 aliphatic heterocycles. The van der Waals surface area contributed by atoms with Gasteiger partial charge in [-0.3, -0.25) is 4.79 Å². The Balaban J connectivity index is 0.00000147. The Morgan fingerprint density at radius 3 is 2.60 bits per heavy atom. The minimum absolute atomic E-state index is 0. The van der Waals surface area contributed by atoms with Gasteiger partial charge < -0.3 is 14.7 Å². The number of fused-ring (bicyclic) bond motifs is 1. The van der Waals surface area contributed by atoms with Crippen molar-refractivity contribution in [3.8, 4) is 0 Å². The van der Waals surface area contributed by atoms with Crippen molar-refractivity contribution in [2.24, 2.45) is 11.8 Å². The SMILES string of the molecule is CC1C(=O)N2C(c3ccccc3)OC[C@@]2(CO)C1C.[Ac]. The molecule has 0 saturated carbocycles. The molecule has 2 fully saturated rings. The van der Waals surface area contributed by atoms with Crippen LogP contribution in [0, 0.1) is 55.9 Å². The van der Waals surface area contributed by atoms with Gasteiger partial charge in [0.2, 0.25) is 5.91 Å². The van der Waals surface area contributed by atoms with E-state index in [1.165, 1.54) is 0 Å². The number of ether oxygens (including phenoxy) is 1. The standard InChI is InChI=1S/C15H19NO3.Ac/c1-10-11(2)15(8-17)9-19-14(16(15)13(10)18)12-6-4-3-5-7-12;/h3-7,10-11,14,17H,8-9H2,1-2H3;/t10?,11?,14?,15-;/m0./s1. The Labute approximate surface area is 155 Å². The fraction of sp³-hybridized carbons (Fsp3) is 0.533. The second-order valence-corrected chi connectivity index (χ2v) is 5.62. The van der Waals surface area contributed by atoms with E-state index in [0.29, 0.717) is 6.61 Å². The summed E-state index contributed by atoms with van der Waals surface area (Å²) >= 11 is 0. The quantitative estimate of drug-likeness (QED) is 0.688. The number of aliphatic hydroxyl groups excluding tert-OH is 1. The van der Waals surface area contributed by atoms with E-state index in [0.717, 1.165) is 5.56 Å². The van der Waals surface area contributed by atoms with E-state index in [9.17, 15) is 9.90 Å². The molecular weight excluding hydrogens is 469 g/mol. The number of aliphatic hydroxyl groups is 1.